The molecule has 1 amide bonds. The summed E-state index contributed by atoms with van der Waals surface area (Å²) >= 11 is 0. The highest BCUT2D eigenvalue weighted by Crippen LogP contribution is 2.28. The minimum atomic E-state index is -3.78. The van der Waals surface area contributed by atoms with Crippen LogP contribution in [0.1, 0.15) is 29.2 Å². The number of nitrogens with one attached hydrogen (secondary N) is 2. The van der Waals surface area contributed by atoms with Crippen molar-refractivity contribution in [1.29, 1.82) is 0 Å². The fourth-order valence-electron chi connectivity index (χ4n) is 4.08. The van der Waals surface area contributed by atoms with E-state index in [4.69, 9.17) is 4.74 Å². The first-order valence-corrected chi connectivity index (χ1v) is 11.4. The second-order valence-electron chi connectivity index (χ2n) is 7.41. The molecule has 1 aromatic heterocycles. The molecule has 31 heavy (non-hydrogen) atoms. The van der Waals surface area contributed by atoms with E-state index in [2.05, 4.69) is 9.71 Å². The molecule has 0 spiro atoms. The maximum atomic E-state index is 13.0. The number of hydrogen-bond acceptors (Lipinski definition) is 5. The van der Waals surface area contributed by atoms with Crippen LogP contribution >= 0.6 is 0 Å². The van der Waals surface area contributed by atoms with Gasteiger partial charge in [-0.3, -0.25) is 9.36 Å². The van der Waals surface area contributed by atoms with Crippen LogP contribution in [0.2, 0.25) is 0 Å². The third-order valence-electron chi connectivity index (χ3n) is 5.71. The highest BCUT2D eigenvalue weighted by Gasteiger charge is 2.28. The lowest BCUT2D eigenvalue weighted by atomic mass is 10.0. The lowest BCUT2D eigenvalue weighted by Gasteiger charge is -2.32. The quantitative estimate of drug-likeness (QED) is 0.622. The molecule has 1 aliphatic heterocycles. The van der Waals surface area contributed by atoms with E-state index in [0.29, 0.717) is 25.9 Å². The van der Waals surface area contributed by atoms with Gasteiger partial charge in [0.2, 0.25) is 10.0 Å². The zero-order valence-corrected chi connectivity index (χ0v) is 18.1. The highest BCUT2D eigenvalue weighted by atomic mass is 32.2. The Morgan fingerprint density at radius 2 is 1.87 bits per heavy atom. The van der Waals surface area contributed by atoms with Crippen LogP contribution in [0.5, 0.6) is 5.75 Å². The SMILES string of the molecule is CNS(=O)(=O)c1cc(C(=O)N2CCC(n3c(=O)[nH]c4ccccc43)CC2)ccc1OC. The first kappa shape index (κ1) is 21.1. The van der Waals surface area contributed by atoms with Crippen LogP contribution in [0.3, 0.4) is 0 Å². The summed E-state index contributed by atoms with van der Waals surface area (Å²) in [5.74, 6) is -0.0803. The molecule has 0 bridgehead atoms. The van der Waals surface area contributed by atoms with Crippen LogP contribution in [0.4, 0.5) is 0 Å². The van der Waals surface area contributed by atoms with Crippen molar-refractivity contribution in [3.8, 4) is 5.75 Å². The molecule has 0 unspecified atom stereocenters. The fraction of sp³-hybridized carbons (Fsp3) is 0.333. The molecule has 1 saturated heterocycles. The van der Waals surface area contributed by atoms with Crippen LogP contribution in [0, 0.1) is 0 Å². The molecule has 10 heteroatoms. The average molecular weight is 445 g/mol. The number of imidazole rings is 1. The largest absolute Gasteiger partial charge is 0.495 e. The van der Waals surface area contributed by atoms with Gasteiger partial charge in [-0.2, -0.15) is 0 Å². The van der Waals surface area contributed by atoms with Crippen molar-refractivity contribution in [1.82, 2.24) is 19.2 Å². The number of ether oxygens (including phenoxy) is 1. The number of fused-ring (bicyclic) bond motifs is 1. The second-order valence-corrected chi connectivity index (χ2v) is 9.27. The van der Waals surface area contributed by atoms with Crippen molar-refractivity contribution < 1.29 is 17.9 Å². The summed E-state index contributed by atoms with van der Waals surface area (Å²) in [5, 5.41) is 0. The Labute approximate surface area is 179 Å². The van der Waals surface area contributed by atoms with E-state index in [0.717, 1.165) is 11.0 Å². The number of aromatic nitrogens is 2. The van der Waals surface area contributed by atoms with Gasteiger partial charge in [-0.15, -0.1) is 0 Å². The molecule has 2 N–H and O–H groups in total. The minimum Gasteiger partial charge on any atom is -0.495 e. The van der Waals surface area contributed by atoms with E-state index in [1.165, 1.54) is 26.3 Å². The van der Waals surface area contributed by atoms with Gasteiger partial charge in [-0.1, -0.05) is 12.1 Å². The number of benzene rings is 2. The fourth-order valence-corrected chi connectivity index (χ4v) is 4.99. The van der Waals surface area contributed by atoms with Gasteiger partial charge in [0.25, 0.3) is 5.91 Å². The maximum Gasteiger partial charge on any atom is 0.326 e. The summed E-state index contributed by atoms with van der Waals surface area (Å²) in [4.78, 5) is 30.0. The van der Waals surface area contributed by atoms with Crippen LogP contribution in [-0.2, 0) is 10.0 Å². The summed E-state index contributed by atoms with van der Waals surface area (Å²) < 4.78 is 33.7. The molecule has 2 aromatic carbocycles. The lowest BCUT2D eigenvalue weighted by molar-refractivity contribution is 0.0694. The lowest BCUT2D eigenvalue weighted by Crippen LogP contribution is -2.40. The van der Waals surface area contributed by atoms with Crippen molar-refractivity contribution in [3.63, 3.8) is 0 Å². The molecule has 4 rings (SSSR count). The number of sulfonamides is 1. The Kier molecular flexibility index (Phi) is 5.59. The van der Waals surface area contributed by atoms with Gasteiger partial charge in [0, 0.05) is 24.7 Å². The van der Waals surface area contributed by atoms with E-state index in [9.17, 15) is 18.0 Å². The molecule has 1 aliphatic rings. The zero-order chi connectivity index (χ0) is 22.2. The smallest absolute Gasteiger partial charge is 0.326 e. The normalized spacial score (nSPS) is 15.4. The Bertz CT molecular complexity index is 1290. The van der Waals surface area contributed by atoms with Crippen molar-refractivity contribution in [2.24, 2.45) is 0 Å². The monoisotopic (exact) mass is 444 g/mol. The summed E-state index contributed by atoms with van der Waals surface area (Å²) in [5.41, 5.74) is 1.78. The molecule has 0 radical (unpaired) electrons. The molecule has 2 heterocycles. The summed E-state index contributed by atoms with van der Waals surface area (Å²) in [7, 11) is -1.09. The summed E-state index contributed by atoms with van der Waals surface area (Å²) in [6, 6.07) is 11.9. The Hall–Kier alpha value is -3.11. The van der Waals surface area contributed by atoms with Crippen molar-refractivity contribution >= 4 is 27.0 Å². The van der Waals surface area contributed by atoms with E-state index in [1.807, 2.05) is 24.3 Å². The molecule has 0 saturated carbocycles. The number of likely N-dealkylation sites (tertiary alicyclic amines) is 1. The Balaban J connectivity index is 1.54. The number of nitrogens with zero attached hydrogens (tertiary/aromatic N) is 2. The van der Waals surface area contributed by atoms with Gasteiger partial charge in [-0.25, -0.2) is 17.9 Å². The number of H-pyrrole nitrogens is 1. The number of rotatable bonds is 5. The number of para-hydroxylation sites is 2. The predicted octanol–water partition coefficient (Wildman–Crippen LogP) is 1.72. The second kappa shape index (κ2) is 8.20. The standard InChI is InChI=1S/C21H24N4O5S/c1-22-31(28,29)19-13-14(7-8-18(19)30-2)20(26)24-11-9-15(10-12-24)25-17-6-4-3-5-16(17)23-21(25)27/h3-8,13,15,22H,9-12H2,1-2H3,(H,23,27). The van der Waals surface area contributed by atoms with Gasteiger partial charge in [-0.05, 0) is 50.2 Å². The molecule has 0 aliphatic carbocycles. The molecular formula is C21H24N4O5S. The Morgan fingerprint density at radius 3 is 2.55 bits per heavy atom. The summed E-state index contributed by atoms with van der Waals surface area (Å²) in [6.07, 6.45) is 1.26. The van der Waals surface area contributed by atoms with E-state index >= 15 is 0 Å². The average Bonchev–Trinajstić information content (AvgIpc) is 3.13. The molecule has 3 aromatic rings. The molecule has 164 valence electrons. The first-order valence-electron chi connectivity index (χ1n) is 9.96. The third-order valence-corrected chi connectivity index (χ3v) is 7.15. The van der Waals surface area contributed by atoms with Gasteiger partial charge in [0.1, 0.15) is 10.6 Å². The predicted molar refractivity (Wildman–Crippen MR) is 116 cm³/mol. The number of amides is 1. The van der Waals surface area contributed by atoms with Crippen LogP contribution < -0.4 is 15.1 Å². The molecule has 1 fully saturated rings. The first-order chi connectivity index (χ1) is 14.9. The van der Waals surface area contributed by atoms with Crippen molar-refractivity contribution in [2.75, 3.05) is 27.2 Å². The molecule has 0 atom stereocenters. The van der Waals surface area contributed by atoms with Gasteiger partial charge in [0.05, 0.1) is 18.1 Å². The van der Waals surface area contributed by atoms with Crippen molar-refractivity contribution in [2.45, 2.75) is 23.8 Å². The number of piperidine rings is 1. The molecule has 9 nitrogen and oxygen atoms in total. The van der Waals surface area contributed by atoms with Gasteiger partial charge in [0.15, 0.2) is 0 Å². The summed E-state index contributed by atoms with van der Waals surface area (Å²) in [6.45, 7) is 0.936. The van der Waals surface area contributed by atoms with E-state index in [-0.39, 0.29) is 33.8 Å². The van der Waals surface area contributed by atoms with Crippen LogP contribution in [-0.4, -0.2) is 56.0 Å². The third kappa shape index (κ3) is 3.84. The highest BCUT2D eigenvalue weighted by molar-refractivity contribution is 7.89. The number of methoxy groups -OCH3 is 1. The Morgan fingerprint density at radius 1 is 1.16 bits per heavy atom. The van der Waals surface area contributed by atoms with Gasteiger partial charge < -0.3 is 14.6 Å². The van der Waals surface area contributed by atoms with Crippen LogP contribution in [0.15, 0.2) is 52.2 Å². The van der Waals surface area contributed by atoms with Crippen molar-refractivity contribution in [3.05, 3.63) is 58.5 Å². The number of carbonyl (C=O) groups is 1. The number of hydrogen-bond donors (Lipinski definition) is 2. The minimum absolute atomic E-state index is 0.0104. The maximum absolute atomic E-state index is 13.0. The van der Waals surface area contributed by atoms with Gasteiger partial charge >= 0.3 is 5.69 Å². The topological polar surface area (TPSA) is 113 Å². The van der Waals surface area contributed by atoms with Crippen LogP contribution in [0.25, 0.3) is 11.0 Å². The molecular weight excluding hydrogens is 420 g/mol. The van der Waals surface area contributed by atoms with E-state index < -0.39 is 10.0 Å². The zero-order valence-electron chi connectivity index (χ0n) is 17.3. The number of aromatic amines is 1. The number of carbonyl (C=O) groups excluding carboxylic acids is 1. The van der Waals surface area contributed by atoms with E-state index in [1.54, 1.807) is 15.5 Å².